The molecule has 33 nitrogen and oxygen atoms in total. The third kappa shape index (κ3) is 18.3. The maximum Gasteiger partial charge on any atom is 0.281 e. The van der Waals surface area contributed by atoms with Crippen molar-refractivity contribution < 1.29 is 80.2 Å². The molecule has 8 bridgehead atoms. The number of carbonyl (C=O) groups excluding carboxylic acids is 3. The monoisotopic (exact) mass is 2000 g/mol. The van der Waals surface area contributed by atoms with Crippen molar-refractivity contribution in [3.8, 4) is 35.1 Å². The first-order chi connectivity index (χ1) is 65.8. The Hall–Kier alpha value is -11.0. The molecule has 14 aliphatic rings. The number of nitrogens with zero attached hydrogens (tertiary/aromatic N) is 14. The standard InChI is InChI=1S/C32H38ClF2N7O4S.2C32H37F2N7O4S/c1-29(2)16-20(18-37-29)17-32(34,35)19-36-23-4-3-5-26(38-23)47(44,45)41-28(43)21-6-7-24(39-27(21)33)42-14-8-25(40-42)46-15-9-22-30(10-11-30)31(22)12-13-31;2*1-29(2)16-20-17-32(33,34)19-35-23-4-3-5-26(36-23)46(43,44)39-28(42)21-6-7-24(37-27(21)40(29)18-20)41-14-8-25(38-41)45-15-9-22-30(10-11-30)31(22)12-13-31/h3-8,14,20,22,37H,9-13,15-19H2,1-2H3,(H,36,38)(H,41,43);2*3-8,14,20,22H,9-13,15-19H2,1-2H3,(H,35,36)(H,39,42). The average molecular weight is 2000 g/mol. The molecule has 740 valence electrons. The number of sulfonamides is 3. The second-order valence-electron chi connectivity index (χ2n) is 42.8. The highest BCUT2D eigenvalue weighted by molar-refractivity contribution is 7.90. The summed E-state index contributed by atoms with van der Waals surface area (Å²) in [4.78, 5) is 69.5. The number of halogens is 7. The number of alkyl halides is 6. The van der Waals surface area contributed by atoms with Crippen molar-refractivity contribution in [1.82, 2.24) is 78.7 Å². The van der Waals surface area contributed by atoms with Gasteiger partial charge in [-0.25, -0.2) is 84.5 Å². The fourth-order valence-corrected chi connectivity index (χ4v) is 28.1. The first-order valence-corrected chi connectivity index (χ1v) is 52.7. The van der Waals surface area contributed by atoms with E-state index in [0.717, 1.165) is 43.1 Å². The Morgan fingerprint density at radius 2 is 0.914 bits per heavy atom. The third-order valence-electron chi connectivity index (χ3n) is 32.2. The normalized spacial score (nSPS) is 24.6. The Balaban J connectivity index is 0.000000124. The van der Waals surface area contributed by atoms with Crippen LogP contribution in [-0.4, -0.2) is 196 Å². The lowest BCUT2D eigenvalue weighted by Gasteiger charge is -2.34. The molecule has 9 aromatic rings. The van der Waals surface area contributed by atoms with Gasteiger partial charge in [0.25, 0.3) is 65.6 Å². The molecule has 139 heavy (non-hydrogen) atoms. The zero-order chi connectivity index (χ0) is 97.5. The summed E-state index contributed by atoms with van der Waals surface area (Å²) in [6, 6.07) is 26.0. The molecule has 3 saturated heterocycles. The Labute approximate surface area is 806 Å². The zero-order valence-corrected chi connectivity index (χ0v) is 81.0. The Kier molecular flexibility index (Phi) is 22.8. The third-order valence-corrected chi connectivity index (χ3v) is 36.2. The van der Waals surface area contributed by atoms with E-state index in [4.69, 9.17) is 35.8 Å². The van der Waals surface area contributed by atoms with Crippen LogP contribution in [0, 0.1) is 68.0 Å². The van der Waals surface area contributed by atoms with E-state index in [0.29, 0.717) is 113 Å². The summed E-state index contributed by atoms with van der Waals surface area (Å²) in [5.74, 6) is -8.04. The molecule has 0 aromatic carbocycles. The molecule has 14 heterocycles. The zero-order valence-electron chi connectivity index (χ0n) is 77.8. The predicted molar refractivity (Wildman–Crippen MR) is 500 cm³/mol. The molecule has 43 heteroatoms. The highest BCUT2D eigenvalue weighted by Crippen LogP contribution is 2.95. The molecule has 6 spiro atoms. The Morgan fingerprint density at radius 1 is 0.511 bits per heavy atom. The van der Waals surface area contributed by atoms with Crippen molar-refractivity contribution in [2.45, 2.75) is 226 Å². The Bertz CT molecular complexity index is 6420. The number of pyridine rings is 6. The lowest BCUT2D eigenvalue weighted by atomic mass is 9.92. The second kappa shape index (κ2) is 33.6. The van der Waals surface area contributed by atoms with Crippen molar-refractivity contribution in [3.05, 3.63) is 150 Å². The molecular formula is C96H112ClF6N21O12S3. The van der Waals surface area contributed by atoms with Gasteiger partial charge < -0.3 is 45.3 Å². The lowest BCUT2D eigenvalue weighted by Crippen LogP contribution is -2.41. The molecule has 7 N–H and O–H groups in total. The molecule has 23 rings (SSSR count). The number of amides is 3. The van der Waals surface area contributed by atoms with Gasteiger partial charge >= 0.3 is 0 Å². The van der Waals surface area contributed by atoms with Crippen LogP contribution in [0.3, 0.4) is 0 Å². The van der Waals surface area contributed by atoms with Crippen molar-refractivity contribution in [2.24, 2.45) is 68.0 Å². The summed E-state index contributed by atoms with van der Waals surface area (Å²) < 4.78 is 198. The highest BCUT2D eigenvalue weighted by Gasteiger charge is 2.87. The van der Waals surface area contributed by atoms with E-state index in [1.165, 1.54) is 164 Å². The van der Waals surface area contributed by atoms with Gasteiger partial charge in [0, 0.05) is 85.8 Å². The summed E-state index contributed by atoms with van der Waals surface area (Å²) in [7, 11) is -13.4. The fourth-order valence-electron chi connectivity index (χ4n) is 25.1. The van der Waals surface area contributed by atoms with E-state index < -0.39 is 136 Å². The van der Waals surface area contributed by atoms with Crippen molar-refractivity contribution in [2.75, 3.05) is 84.8 Å². The lowest BCUT2D eigenvalue weighted by molar-refractivity contribution is -0.00848. The molecule has 5 aliphatic heterocycles. The summed E-state index contributed by atoms with van der Waals surface area (Å²) in [5.41, 5.74) is 2.05. The molecule has 3 unspecified atom stereocenters. The molecular weight excluding hydrogens is 1880 g/mol. The van der Waals surface area contributed by atoms with Gasteiger partial charge in [0.1, 0.15) is 34.2 Å². The van der Waals surface area contributed by atoms with E-state index in [9.17, 15) is 48.4 Å². The van der Waals surface area contributed by atoms with Gasteiger partial charge in [0.05, 0.1) is 56.1 Å². The van der Waals surface area contributed by atoms with Crippen LogP contribution in [0.1, 0.15) is 207 Å². The van der Waals surface area contributed by atoms with Crippen LogP contribution in [0.4, 0.5) is 55.4 Å². The van der Waals surface area contributed by atoms with Gasteiger partial charge in [-0.3, -0.25) is 14.4 Å². The summed E-state index contributed by atoms with van der Waals surface area (Å²) in [6.07, 6.45) is 24.9. The predicted octanol–water partition coefficient (Wildman–Crippen LogP) is 14.8. The first kappa shape index (κ1) is 94.3. The van der Waals surface area contributed by atoms with Gasteiger partial charge in [-0.15, -0.1) is 15.3 Å². The van der Waals surface area contributed by atoms with Crippen molar-refractivity contribution in [3.63, 3.8) is 0 Å². The van der Waals surface area contributed by atoms with Gasteiger partial charge in [0.2, 0.25) is 17.6 Å². The smallest absolute Gasteiger partial charge is 0.281 e. The number of carbonyl (C=O) groups is 3. The molecule has 9 saturated carbocycles. The van der Waals surface area contributed by atoms with Crippen LogP contribution >= 0.6 is 11.6 Å². The van der Waals surface area contributed by atoms with Crippen molar-refractivity contribution in [1.29, 1.82) is 0 Å². The van der Waals surface area contributed by atoms with Crippen LogP contribution in [0.2, 0.25) is 5.15 Å². The maximum absolute atomic E-state index is 15.2. The van der Waals surface area contributed by atoms with Crippen LogP contribution in [0.25, 0.3) is 17.5 Å². The summed E-state index contributed by atoms with van der Waals surface area (Å²) in [6.45, 7) is 12.2. The summed E-state index contributed by atoms with van der Waals surface area (Å²) >= 11 is 6.29. The molecule has 3 amide bonds. The van der Waals surface area contributed by atoms with Gasteiger partial charge in [0.15, 0.2) is 32.5 Å². The number of anilines is 5. The van der Waals surface area contributed by atoms with Crippen LogP contribution in [0.15, 0.2) is 143 Å². The van der Waals surface area contributed by atoms with E-state index >= 15 is 17.6 Å². The topological polar surface area (TPSA) is 403 Å². The van der Waals surface area contributed by atoms with E-state index in [1.807, 2.05) is 56.1 Å². The number of ether oxygens (including phenoxy) is 3. The number of aromatic nitrogens is 12. The quantitative estimate of drug-likeness (QED) is 0.0231. The highest BCUT2D eigenvalue weighted by atomic mass is 35.5. The van der Waals surface area contributed by atoms with Gasteiger partial charge in [-0.2, -0.15) is 25.3 Å². The number of nitrogens with one attached hydrogen (secondary N) is 7. The van der Waals surface area contributed by atoms with Crippen LogP contribution < -0.4 is 59.4 Å². The van der Waals surface area contributed by atoms with Crippen LogP contribution in [0.5, 0.6) is 17.6 Å². The molecule has 9 aromatic heterocycles. The molecule has 12 fully saturated rings. The van der Waals surface area contributed by atoms with Crippen LogP contribution in [-0.2, 0) is 30.1 Å². The molecule has 0 radical (unpaired) electrons. The Morgan fingerprint density at radius 3 is 1.31 bits per heavy atom. The van der Waals surface area contributed by atoms with E-state index in [1.54, 1.807) is 48.9 Å². The number of hydrogen-bond acceptors (Lipinski definition) is 27. The first-order valence-electron chi connectivity index (χ1n) is 47.9. The number of rotatable bonds is 23. The average Bonchev–Trinajstić information content (AvgIpc) is 1.45. The number of hydrogen-bond donors (Lipinski definition) is 7. The second-order valence-corrected chi connectivity index (χ2v) is 48.1. The van der Waals surface area contributed by atoms with Gasteiger partial charge in [-0.1, -0.05) is 29.8 Å². The van der Waals surface area contributed by atoms with E-state index in [-0.39, 0.29) is 81.9 Å². The largest absolute Gasteiger partial charge is 0.477 e. The number of fused-ring (bicyclic) bond motifs is 15. The molecule has 3 atom stereocenters. The maximum atomic E-state index is 15.2. The SMILES string of the molecule is CC1(C)CC(CC(F)(F)CNc2cccc(S(=O)(=O)NC(=O)c3ccc(-n4ccc(OCCC5C6(CC6)C56CC6)n4)nc3Cl)n2)CN1.CC1(C)CC2CN1c1nc(-n3ccc(OCCC4C5(CC5)C45CC5)n3)ccc1C(=O)NS(=O)(=O)c1cccc(n1)NCC(F)(F)C2.CC1(C)CC2CN1c1nc(-n3ccc(OCCC4C5(CC5)C45CC5)n3)ccc1C(=O)NS(=O)(=O)c1cccc(n1)NCC(F)(F)C2. The fraction of sp³-hybridized carbons (Fsp3) is 0.562. The van der Waals surface area contributed by atoms with Gasteiger partial charge in [-0.05, 0) is 304 Å². The minimum Gasteiger partial charge on any atom is -0.477 e. The summed E-state index contributed by atoms with van der Waals surface area (Å²) in [5, 5.41) is 22.7. The van der Waals surface area contributed by atoms with Crippen molar-refractivity contribution >= 4 is 88.5 Å². The minimum absolute atomic E-state index is 0.00645. The minimum atomic E-state index is -4.48. The van der Waals surface area contributed by atoms with E-state index in [2.05, 4.69) is 65.9 Å². The molecule has 9 aliphatic carbocycles.